The van der Waals surface area contributed by atoms with Crippen LogP contribution in [0.25, 0.3) is 11.8 Å². The number of hydrogen-bond donors (Lipinski definition) is 0. The first-order valence-electron chi connectivity index (χ1n) is 9.58. The summed E-state index contributed by atoms with van der Waals surface area (Å²) in [5.41, 5.74) is 4.33. The lowest BCUT2D eigenvalue weighted by Crippen LogP contribution is -2.27. The van der Waals surface area contributed by atoms with Crippen molar-refractivity contribution in [2.45, 2.75) is 20.4 Å². The molecule has 7 nitrogen and oxygen atoms in total. The van der Waals surface area contributed by atoms with Crippen molar-refractivity contribution in [3.8, 4) is 5.69 Å². The third-order valence-electron chi connectivity index (χ3n) is 5.11. The van der Waals surface area contributed by atoms with Gasteiger partial charge in [-0.05, 0) is 61.0 Å². The lowest BCUT2D eigenvalue weighted by molar-refractivity contribution is -0.384. The molecule has 0 N–H and O–H groups in total. The molecular formula is C23H19N3O4S. The van der Waals surface area contributed by atoms with Crippen LogP contribution in [-0.4, -0.2) is 25.5 Å². The van der Waals surface area contributed by atoms with Crippen LogP contribution in [0.3, 0.4) is 0 Å². The van der Waals surface area contributed by atoms with Crippen molar-refractivity contribution >= 4 is 34.7 Å². The summed E-state index contributed by atoms with van der Waals surface area (Å²) < 4.78 is 2.10. The number of benzene rings is 2. The van der Waals surface area contributed by atoms with E-state index in [-0.39, 0.29) is 17.5 Å². The third-order valence-corrected chi connectivity index (χ3v) is 6.01. The van der Waals surface area contributed by atoms with Crippen LogP contribution in [0.5, 0.6) is 0 Å². The topological polar surface area (TPSA) is 85.5 Å². The molecule has 0 unspecified atom stereocenters. The highest BCUT2D eigenvalue weighted by Gasteiger charge is 2.35. The summed E-state index contributed by atoms with van der Waals surface area (Å²) in [4.78, 5) is 37.3. The molecule has 4 rings (SSSR count). The smallest absolute Gasteiger partial charge is 0.293 e. The third kappa shape index (κ3) is 4.02. The predicted octanol–water partition coefficient (Wildman–Crippen LogP) is 5.24. The Morgan fingerprint density at radius 1 is 1.03 bits per heavy atom. The molecule has 1 aliphatic rings. The van der Waals surface area contributed by atoms with Crippen LogP contribution in [0.15, 0.2) is 65.6 Å². The summed E-state index contributed by atoms with van der Waals surface area (Å²) in [5, 5.41) is 10.6. The van der Waals surface area contributed by atoms with Crippen LogP contribution >= 0.6 is 11.8 Å². The van der Waals surface area contributed by atoms with E-state index in [1.165, 1.54) is 12.1 Å². The van der Waals surface area contributed by atoms with E-state index in [0.717, 1.165) is 39.3 Å². The molecule has 1 aliphatic heterocycles. The number of thioether (sulfide) groups is 1. The minimum Gasteiger partial charge on any atom is -0.318 e. The maximum atomic E-state index is 12.9. The van der Waals surface area contributed by atoms with Gasteiger partial charge in [0.1, 0.15) is 0 Å². The van der Waals surface area contributed by atoms with Gasteiger partial charge in [-0.15, -0.1) is 0 Å². The summed E-state index contributed by atoms with van der Waals surface area (Å²) in [6, 6.07) is 17.8. The number of para-hydroxylation sites is 1. The van der Waals surface area contributed by atoms with Crippen molar-refractivity contribution in [3.63, 3.8) is 0 Å². The number of nitrogens with zero attached hydrogens (tertiary/aromatic N) is 3. The lowest BCUT2D eigenvalue weighted by Gasteiger charge is -2.12. The van der Waals surface area contributed by atoms with Crippen molar-refractivity contribution in [1.29, 1.82) is 0 Å². The minimum absolute atomic E-state index is 0.00722. The van der Waals surface area contributed by atoms with Crippen molar-refractivity contribution < 1.29 is 14.5 Å². The molecule has 156 valence electrons. The number of rotatable bonds is 5. The van der Waals surface area contributed by atoms with Gasteiger partial charge in [-0.3, -0.25) is 24.6 Å². The number of carbonyl (C=O) groups excluding carboxylic acids is 2. The highest BCUT2D eigenvalue weighted by Crippen LogP contribution is 2.35. The summed E-state index contributed by atoms with van der Waals surface area (Å²) in [6.07, 6.45) is 1.74. The van der Waals surface area contributed by atoms with E-state index in [1.54, 1.807) is 18.2 Å². The Balaban J connectivity index is 1.61. The van der Waals surface area contributed by atoms with Gasteiger partial charge in [0.2, 0.25) is 0 Å². The largest absolute Gasteiger partial charge is 0.318 e. The number of aromatic nitrogens is 1. The van der Waals surface area contributed by atoms with Crippen molar-refractivity contribution in [2.75, 3.05) is 0 Å². The minimum atomic E-state index is -0.500. The number of hydrogen-bond acceptors (Lipinski definition) is 5. The van der Waals surface area contributed by atoms with E-state index in [1.807, 2.05) is 50.2 Å². The van der Waals surface area contributed by atoms with Gasteiger partial charge in [-0.25, -0.2) is 0 Å². The standard InChI is InChI=1S/C23H19N3O4S/c1-15-11-18(16(2)25(15)19-8-4-3-5-9-19)13-21-22(27)24(23(28)31-21)14-17-7-6-10-20(12-17)26(29)30/h3-13H,14H2,1-2H3/b21-13-. The summed E-state index contributed by atoms with van der Waals surface area (Å²) in [7, 11) is 0. The van der Waals surface area contributed by atoms with E-state index in [9.17, 15) is 19.7 Å². The van der Waals surface area contributed by atoms with Gasteiger partial charge in [0.25, 0.3) is 16.8 Å². The van der Waals surface area contributed by atoms with Gasteiger partial charge in [0, 0.05) is 29.2 Å². The fraction of sp³-hybridized carbons (Fsp3) is 0.130. The van der Waals surface area contributed by atoms with Gasteiger partial charge in [-0.1, -0.05) is 30.3 Å². The highest BCUT2D eigenvalue weighted by atomic mass is 32.2. The molecule has 1 aromatic heterocycles. The molecule has 2 amide bonds. The molecule has 2 aromatic carbocycles. The molecule has 1 fully saturated rings. The summed E-state index contributed by atoms with van der Waals surface area (Å²) in [5.74, 6) is -0.397. The maximum absolute atomic E-state index is 12.9. The predicted molar refractivity (Wildman–Crippen MR) is 120 cm³/mol. The van der Waals surface area contributed by atoms with E-state index in [2.05, 4.69) is 4.57 Å². The fourth-order valence-electron chi connectivity index (χ4n) is 3.64. The van der Waals surface area contributed by atoms with Gasteiger partial charge >= 0.3 is 0 Å². The zero-order valence-corrected chi connectivity index (χ0v) is 17.8. The van der Waals surface area contributed by atoms with E-state index in [4.69, 9.17) is 0 Å². The quantitative estimate of drug-likeness (QED) is 0.312. The second-order valence-corrected chi connectivity index (χ2v) is 8.19. The van der Waals surface area contributed by atoms with E-state index < -0.39 is 10.8 Å². The Kier molecular flexibility index (Phi) is 5.48. The molecule has 2 heterocycles. The first-order chi connectivity index (χ1) is 14.8. The van der Waals surface area contributed by atoms with Crippen LogP contribution in [0, 0.1) is 24.0 Å². The highest BCUT2D eigenvalue weighted by molar-refractivity contribution is 8.18. The molecule has 0 radical (unpaired) electrons. The van der Waals surface area contributed by atoms with Gasteiger partial charge < -0.3 is 4.57 Å². The van der Waals surface area contributed by atoms with E-state index >= 15 is 0 Å². The Hall–Kier alpha value is -3.65. The van der Waals surface area contributed by atoms with Crippen LogP contribution < -0.4 is 0 Å². The SMILES string of the molecule is Cc1cc(/C=C2\SC(=O)N(Cc3cccc([N+](=O)[O-])c3)C2=O)c(C)n1-c1ccccc1. The zero-order valence-electron chi connectivity index (χ0n) is 16.9. The molecule has 0 saturated carbocycles. The second-order valence-electron chi connectivity index (χ2n) is 7.19. The maximum Gasteiger partial charge on any atom is 0.293 e. The Labute approximate surface area is 183 Å². The molecule has 0 atom stereocenters. The molecule has 0 spiro atoms. The van der Waals surface area contributed by atoms with Crippen LogP contribution in [-0.2, 0) is 11.3 Å². The molecule has 8 heteroatoms. The van der Waals surface area contributed by atoms with Crippen LogP contribution in [0.2, 0.25) is 0 Å². The van der Waals surface area contributed by atoms with Gasteiger partial charge in [0.05, 0.1) is 16.4 Å². The molecule has 1 saturated heterocycles. The number of imide groups is 1. The second kappa shape index (κ2) is 8.23. The molecular weight excluding hydrogens is 414 g/mol. The first-order valence-corrected chi connectivity index (χ1v) is 10.4. The Bertz CT molecular complexity index is 1230. The Morgan fingerprint density at radius 2 is 1.77 bits per heavy atom. The van der Waals surface area contributed by atoms with E-state index in [0.29, 0.717) is 10.5 Å². The number of nitro benzene ring substituents is 1. The summed E-state index contributed by atoms with van der Waals surface area (Å²) >= 11 is 0.881. The number of non-ortho nitro benzene ring substituents is 1. The number of carbonyl (C=O) groups is 2. The monoisotopic (exact) mass is 433 g/mol. The number of aryl methyl sites for hydroxylation is 1. The average molecular weight is 433 g/mol. The van der Waals surface area contributed by atoms with Crippen molar-refractivity contribution in [3.05, 3.63) is 98.2 Å². The van der Waals surface area contributed by atoms with Gasteiger partial charge in [0.15, 0.2) is 0 Å². The molecule has 31 heavy (non-hydrogen) atoms. The normalized spacial score (nSPS) is 15.2. The average Bonchev–Trinajstić information content (AvgIpc) is 3.18. The van der Waals surface area contributed by atoms with Gasteiger partial charge in [-0.2, -0.15) is 0 Å². The van der Waals surface area contributed by atoms with Crippen molar-refractivity contribution in [2.24, 2.45) is 0 Å². The summed E-state index contributed by atoms with van der Waals surface area (Å²) in [6.45, 7) is 3.96. The van der Waals surface area contributed by atoms with Crippen molar-refractivity contribution in [1.82, 2.24) is 9.47 Å². The molecule has 0 bridgehead atoms. The first kappa shape index (κ1) is 20.6. The van der Waals surface area contributed by atoms with Crippen LogP contribution in [0.1, 0.15) is 22.5 Å². The fourth-order valence-corrected chi connectivity index (χ4v) is 4.47. The number of amides is 2. The Morgan fingerprint density at radius 3 is 2.48 bits per heavy atom. The molecule has 3 aromatic rings. The molecule has 0 aliphatic carbocycles. The van der Waals surface area contributed by atoms with Crippen LogP contribution in [0.4, 0.5) is 10.5 Å². The number of nitro groups is 1. The zero-order chi connectivity index (χ0) is 22.1. The lowest BCUT2D eigenvalue weighted by atomic mass is 10.2.